The summed E-state index contributed by atoms with van der Waals surface area (Å²) in [7, 11) is 1.56. The molecule has 0 saturated heterocycles. The molecule has 2 N–H and O–H groups in total. The maximum Gasteiger partial charge on any atom is 0.166 e. The second-order valence-corrected chi connectivity index (χ2v) is 3.89. The topological polar surface area (TPSA) is 62.9 Å². The van der Waals surface area contributed by atoms with Gasteiger partial charge in [0, 0.05) is 18.1 Å². The van der Waals surface area contributed by atoms with Gasteiger partial charge in [-0.2, -0.15) is 0 Å². The molecule has 0 spiro atoms. The largest absolute Gasteiger partial charge is 0.495 e. The molecular formula is C11H14ClNO4. The van der Waals surface area contributed by atoms with E-state index in [1.54, 1.807) is 13.2 Å². The molecule has 1 aromatic rings. The number of hydrogen-bond acceptors (Lipinski definition) is 5. The number of fused-ring (bicyclic) bond motifs is 1. The van der Waals surface area contributed by atoms with E-state index >= 15 is 0 Å². The molecule has 5 nitrogen and oxygen atoms in total. The molecule has 0 saturated carbocycles. The third kappa shape index (κ3) is 2.41. The van der Waals surface area contributed by atoms with Crippen molar-refractivity contribution in [3.8, 4) is 17.2 Å². The maximum absolute atomic E-state index is 6.22. The lowest BCUT2D eigenvalue weighted by Gasteiger charge is -2.23. The van der Waals surface area contributed by atoms with E-state index in [-0.39, 0.29) is 0 Å². The molecule has 1 aromatic carbocycles. The van der Waals surface area contributed by atoms with E-state index in [1.807, 2.05) is 0 Å². The van der Waals surface area contributed by atoms with Gasteiger partial charge >= 0.3 is 0 Å². The minimum atomic E-state index is 0.350. The summed E-state index contributed by atoms with van der Waals surface area (Å²) < 4.78 is 16.3. The monoisotopic (exact) mass is 259 g/mol. The molecule has 1 aliphatic rings. The smallest absolute Gasteiger partial charge is 0.166 e. The van der Waals surface area contributed by atoms with Gasteiger partial charge in [0.05, 0.1) is 18.7 Å². The highest BCUT2D eigenvalue weighted by Gasteiger charge is 2.22. The lowest BCUT2D eigenvalue weighted by Crippen LogP contribution is -2.17. The number of benzene rings is 1. The lowest BCUT2D eigenvalue weighted by molar-refractivity contribution is 0.137. The summed E-state index contributed by atoms with van der Waals surface area (Å²) in [6.07, 6.45) is 0.540. The fourth-order valence-electron chi connectivity index (χ4n) is 1.74. The van der Waals surface area contributed by atoms with Crippen molar-refractivity contribution in [2.24, 2.45) is 5.90 Å². The fourth-order valence-corrected chi connectivity index (χ4v) is 2.05. The molecule has 0 fully saturated rings. The van der Waals surface area contributed by atoms with Crippen LogP contribution in [0, 0.1) is 0 Å². The summed E-state index contributed by atoms with van der Waals surface area (Å²) in [6.45, 7) is 1.37. The van der Waals surface area contributed by atoms with Crippen molar-refractivity contribution >= 4 is 11.6 Å². The summed E-state index contributed by atoms with van der Waals surface area (Å²) in [5.41, 5.74) is 0.797. The average Bonchev–Trinajstić information content (AvgIpc) is 2.37. The lowest BCUT2D eigenvalue weighted by atomic mass is 10.1. The predicted octanol–water partition coefficient (Wildman–Crippen LogP) is 1.55. The van der Waals surface area contributed by atoms with Gasteiger partial charge in [-0.15, -0.1) is 0 Å². The van der Waals surface area contributed by atoms with Crippen molar-refractivity contribution in [3.63, 3.8) is 0 Å². The van der Waals surface area contributed by atoms with Crippen LogP contribution in [-0.2, 0) is 11.3 Å². The molecule has 0 aromatic heterocycles. The van der Waals surface area contributed by atoms with Gasteiger partial charge in [0.2, 0.25) is 0 Å². The van der Waals surface area contributed by atoms with E-state index in [9.17, 15) is 0 Å². The Morgan fingerprint density at radius 3 is 2.88 bits per heavy atom. The minimum absolute atomic E-state index is 0.350. The second kappa shape index (κ2) is 5.44. The van der Waals surface area contributed by atoms with Gasteiger partial charge in [-0.1, -0.05) is 11.6 Å². The van der Waals surface area contributed by atoms with Crippen molar-refractivity contribution in [1.82, 2.24) is 0 Å². The summed E-state index contributed by atoms with van der Waals surface area (Å²) >= 11 is 6.22. The van der Waals surface area contributed by atoms with E-state index < -0.39 is 0 Å². The van der Waals surface area contributed by atoms with Gasteiger partial charge in [0.1, 0.15) is 19.0 Å². The normalized spacial score (nSPS) is 13.6. The first-order valence-corrected chi connectivity index (χ1v) is 5.62. The highest BCUT2D eigenvalue weighted by Crippen LogP contribution is 2.43. The highest BCUT2D eigenvalue weighted by atomic mass is 35.5. The van der Waals surface area contributed by atoms with Crippen LogP contribution in [0.4, 0.5) is 0 Å². The Kier molecular flexibility index (Phi) is 3.93. The van der Waals surface area contributed by atoms with Gasteiger partial charge in [-0.05, 0) is 0 Å². The molecule has 0 unspecified atom stereocenters. The zero-order chi connectivity index (χ0) is 12.3. The molecule has 6 heteroatoms. The molecule has 0 radical (unpaired) electrons. The van der Waals surface area contributed by atoms with E-state index in [1.165, 1.54) is 0 Å². The minimum Gasteiger partial charge on any atom is -0.495 e. The van der Waals surface area contributed by atoms with Crippen molar-refractivity contribution in [2.75, 3.05) is 26.9 Å². The van der Waals surface area contributed by atoms with Crippen molar-refractivity contribution < 1.29 is 19.0 Å². The molecule has 0 aliphatic carbocycles. The van der Waals surface area contributed by atoms with Crippen LogP contribution in [-0.4, -0.2) is 26.9 Å². The van der Waals surface area contributed by atoms with Gasteiger partial charge < -0.3 is 19.0 Å². The number of hydrogen-bond donors (Lipinski definition) is 1. The second-order valence-electron chi connectivity index (χ2n) is 3.52. The van der Waals surface area contributed by atoms with Crippen LogP contribution in [0.1, 0.15) is 5.56 Å². The Morgan fingerprint density at radius 1 is 1.41 bits per heavy atom. The summed E-state index contributed by atoms with van der Waals surface area (Å²) in [4.78, 5) is 4.57. The fraction of sp³-hybridized carbons (Fsp3) is 0.455. The van der Waals surface area contributed by atoms with Gasteiger partial charge in [0.25, 0.3) is 0 Å². The Bertz CT molecular complexity index is 411. The molecule has 2 rings (SSSR count). The SMILES string of the molecule is COc1cc2c(c(CCON)c1Cl)OCCO2. The molecule has 1 aliphatic heterocycles. The molecule has 0 amide bonds. The zero-order valence-electron chi connectivity index (χ0n) is 9.49. The van der Waals surface area contributed by atoms with Gasteiger partial charge in [0.15, 0.2) is 11.5 Å². The Hall–Kier alpha value is -1.17. The number of halogens is 1. The first-order chi connectivity index (χ1) is 8.27. The number of ether oxygens (including phenoxy) is 3. The Balaban J connectivity index is 2.44. The van der Waals surface area contributed by atoms with Crippen LogP contribution in [0.25, 0.3) is 0 Å². The molecule has 0 atom stereocenters. The highest BCUT2D eigenvalue weighted by molar-refractivity contribution is 6.33. The maximum atomic E-state index is 6.22. The van der Waals surface area contributed by atoms with Gasteiger partial charge in [-0.3, -0.25) is 0 Å². The predicted molar refractivity (Wildman–Crippen MR) is 62.8 cm³/mol. The Labute approximate surface area is 104 Å². The van der Waals surface area contributed by atoms with Crippen molar-refractivity contribution in [1.29, 1.82) is 0 Å². The first-order valence-electron chi connectivity index (χ1n) is 5.24. The van der Waals surface area contributed by atoms with Crippen LogP contribution < -0.4 is 20.1 Å². The molecule has 0 bridgehead atoms. The summed E-state index contributed by atoms with van der Waals surface area (Å²) in [6, 6.07) is 1.73. The van der Waals surface area contributed by atoms with E-state index in [4.69, 9.17) is 31.7 Å². The molecule has 1 heterocycles. The number of nitrogens with two attached hydrogens (primary N) is 1. The average molecular weight is 260 g/mol. The zero-order valence-corrected chi connectivity index (χ0v) is 10.3. The van der Waals surface area contributed by atoms with Crippen LogP contribution in [0.5, 0.6) is 17.2 Å². The molecule has 17 heavy (non-hydrogen) atoms. The number of rotatable bonds is 4. The molecular weight excluding hydrogens is 246 g/mol. The van der Waals surface area contributed by atoms with Crippen LogP contribution in [0.15, 0.2) is 6.07 Å². The van der Waals surface area contributed by atoms with Crippen LogP contribution >= 0.6 is 11.6 Å². The van der Waals surface area contributed by atoms with E-state index in [0.717, 1.165) is 5.56 Å². The Morgan fingerprint density at radius 2 is 2.18 bits per heavy atom. The summed E-state index contributed by atoms with van der Waals surface area (Å²) in [5.74, 6) is 6.88. The van der Waals surface area contributed by atoms with Crippen molar-refractivity contribution in [3.05, 3.63) is 16.7 Å². The van der Waals surface area contributed by atoms with Crippen LogP contribution in [0.3, 0.4) is 0 Å². The third-order valence-corrected chi connectivity index (χ3v) is 2.93. The van der Waals surface area contributed by atoms with E-state index in [0.29, 0.717) is 48.5 Å². The van der Waals surface area contributed by atoms with E-state index in [2.05, 4.69) is 4.84 Å². The third-order valence-electron chi connectivity index (χ3n) is 2.52. The standard InChI is InChI=1S/C11H14ClNO4/c1-14-8-6-9-11(16-5-4-15-9)7(10(8)12)2-3-17-13/h6H,2-5,13H2,1H3. The van der Waals surface area contributed by atoms with Crippen molar-refractivity contribution in [2.45, 2.75) is 6.42 Å². The van der Waals surface area contributed by atoms with Gasteiger partial charge in [-0.25, -0.2) is 5.90 Å². The number of methoxy groups -OCH3 is 1. The first kappa shape index (κ1) is 12.3. The molecule has 94 valence electrons. The quantitative estimate of drug-likeness (QED) is 0.832. The summed E-state index contributed by atoms with van der Waals surface area (Å²) in [5, 5.41) is 0.508. The van der Waals surface area contributed by atoms with Crippen LogP contribution in [0.2, 0.25) is 5.02 Å².